The molecule has 1 amide bonds. The maximum absolute atomic E-state index is 13.0. The van der Waals surface area contributed by atoms with Crippen LogP contribution in [0.1, 0.15) is 30.4 Å². The predicted octanol–water partition coefficient (Wildman–Crippen LogP) is 5.32. The molecule has 5 rings (SSSR count). The first-order valence-electron chi connectivity index (χ1n) is 10.5. The fraction of sp³-hybridized carbons (Fsp3) is 0.120. The first-order chi connectivity index (χ1) is 15.6. The van der Waals surface area contributed by atoms with Crippen molar-refractivity contribution in [2.24, 2.45) is 0 Å². The number of para-hydroxylation sites is 1. The number of amides is 1. The molecule has 32 heavy (non-hydrogen) atoms. The molecule has 2 N–H and O–H groups in total. The molecule has 0 aliphatic carbocycles. The average molecular weight is 422 g/mol. The minimum Gasteiger partial charge on any atom is -0.350 e. The number of anilines is 1. The van der Waals surface area contributed by atoms with Gasteiger partial charge in [0.25, 0.3) is 5.91 Å². The number of fused-ring (bicyclic) bond motifs is 1. The van der Waals surface area contributed by atoms with Gasteiger partial charge in [0.05, 0.1) is 5.52 Å². The van der Waals surface area contributed by atoms with Gasteiger partial charge in [-0.15, -0.1) is 10.2 Å². The van der Waals surface area contributed by atoms with Crippen molar-refractivity contribution in [3.05, 3.63) is 84.8 Å². The van der Waals surface area contributed by atoms with Crippen LogP contribution in [-0.2, 0) is 0 Å². The predicted molar refractivity (Wildman–Crippen MR) is 125 cm³/mol. The number of aromatic amines is 1. The summed E-state index contributed by atoms with van der Waals surface area (Å²) in [5, 5.41) is 12.0. The van der Waals surface area contributed by atoms with Gasteiger partial charge in [0.15, 0.2) is 5.82 Å². The monoisotopic (exact) mass is 422 g/mol. The molecule has 2 aromatic carbocycles. The van der Waals surface area contributed by atoms with Crippen molar-refractivity contribution >= 4 is 22.6 Å². The molecule has 0 aliphatic rings. The van der Waals surface area contributed by atoms with E-state index in [1.165, 1.54) is 0 Å². The zero-order chi connectivity index (χ0) is 22.1. The van der Waals surface area contributed by atoms with Gasteiger partial charge in [-0.2, -0.15) is 0 Å². The van der Waals surface area contributed by atoms with Gasteiger partial charge in [-0.3, -0.25) is 4.79 Å². The summed E-state index contributed by atoms with van der Waals surface area (Å²) in [6.45, 7) is 4.11. The SMILES string of the molecule is CC(C)n1cnnc1-c1cccc(NC(=O)c2cc3cccc(-c4ccccc4)c3[nH]2)n1. The minimum atomic E-state index is -0.254. The lowest BCUT2D eigenvalue weighted by Gasteiger charge is -2.10. The third kappa shape index (κ3) is 3.65. The summed E-state index contributed by atoms with van der Waals surface area (Å²) in [5.41, 5.74) is 4.19. The van der Waals surface area contributed by atoms with Crippen LogP contribution in [0.2, 0.25) is 0 Å². The number of benzene rings is 2. The first kappa shape index (κ1) is 19.7. The third-order valence-electron chi connectivity index (χ3n) is 5.33. The molecule has 0 radical (unpaired) electrons. The molecule has 0 spiro atoms. The highest BCUT2D eigenvalue weighted by Crippen LogP contribution is 2.29. The number of aromatic nitrogens is 5. The van der Waals surface area contributed by atoms with E-state index in [0.717, 1.165) is 22.0 Å². The summed E-state index contributed by atoms with van der Waals surface area (Å²) in [6.07, 6.45) is 1.68. The first-order valence-corrected chi connectivity index (χ1v) is 10.5. The van der Waals surface area contributed by atoms with Crippen molar-refractivity contribution in [3.8, 4) is 22.6 Å². The lowest BCUT2D eigenvalue weighted by molar-refractivity contribution is 0.102. The van der Waals surface area contributed by atoms with Crippen molar-refractivity contribution < 1.29 is 4.79 Å². The second kappa shape index (κ2) is 8.11. The van der Waals surface area contributed by atoms with Crippen LogP contribution >= 0.6 is 0 Å². The Morgan fingerprint density at radius 1 is 1.00 bits per heavy atom. The van der Waals surface area contributed by atoms with E-state index in [0.29, 0.717) is 23.0 Å². The molecule has 0 saturated carbocycles. The number of hydrogen-bond donors (Lipinski definition) is 2. The molecular weight excluding hydrogens is 400 g/mol. The van der Waals surface area contributed by atoms with E-state index < -0.39 is 0 Å². The standard InChI is InChI=1S/C25H22N6O/c1-16(2)31-15-26-30-24(31)20-12-7-13-22(27-20)29-25(32)21-14-18-10-6-11-19(23(18)28-21)17-8-4-3-5-9-17/h3-16,28H,1-2H3,(H,27,29,32). The number of H-pyrrole nitrogens is 1. The van der Waals surface area contributed by atoms with Crippen LogP contribution in [0.25, 0.3) is 33.5 Å². The average Bonchev–Trinajstić information content (AvgIpc) is 3.47. The van der Waals surface area contributed by atoms with Crippen LogP contribution in [0, 0.1) is 0 Å². The fourth-order valence-corrected chi connectivity index (χ4v) is 3.75. The van der Waals surface area contributed by atoms with Crippen LogP contribution in [0.3, 0.4) is 0 Å². The Balaban J connectivity index is 1.44. The molecule has 0 aliphatic heterocycles. The van der Waals surface area contributed by atoms with Gasteiger partial charge in [-0.25, -0.2) is 4.98 Å². The fourth-order valence-electron chi connectivity index (χ4n) is 3.75. The molecule has 7 heteroatoms. The summed E-state index contributed by atoms with van der Waals surface area (Å²) in [7, 11) is 0. The Morgan fingerprint density at radius 2 is 1.81 bits per heavy atom. The van der Waals surface area contributed by atoms with E-state index in [9.17, 15) is 4.79 Å². The Hall–Kier alpha value is -4.26. The summed E-state index contributed by atoms with van der Waals surface area (Å²) in [6, 6.07) is 23.7. The zero-order valence-electron chi connectivity index (χ0n) is 17.8. The molecule has 0 atom stereocenters. The molecular formula is C25H22N6O. The van der Waals surface area contributed by atoms with Gasteiger partial charge in [0.1, 0.15) is 23.5 Å². The molecule has 0 bridgehead atoms. The highest BCUT2D eigenvalue weighted by molar-refractivity contribution is 6.07. The molecule has 7 nitrogen and oxygen atoms in total. The number of carbonyl (C=O) groups excluding carboxylic acids is 1. The molecule has 0 saturated heterocycles. The molecule has 3 aromatic heterocycles. The quantitative estimate of drug-likeness (QED) is 0.401. The van der Waals surface area contributed by atoms with Gasteiger partial charge in [0, 0.05) is 17.0 Å². The molecule has 3 heterocycles. The van der Waals surface area contributed by atoms with Crippen molar-refractivity contribution in [2.75, 3.05) is 5.32 Å². The maximum atomic E-state index is 13.0. The lowest BCUT2D eigenvalue weighted by atomic mass is 10.0. The van der Waals surface area contributed by atoms with Crippen molar-refractivity contribution in [3.63, 3.8) is 0 Å². The Kier molecular flexibility index (Phi) is 4.99. The van der Waals surface area contributed by atoms with Crippen molar-refractivity contribution in [1.82, 2.24) is 24.7 Å². The number of hydrogen-bond acceptors (Lipinski definition) is 4. The zero-order valence-corrected chi connectivity index (χ0v) is 17.8. The smallest absolute Gasteiger partial charge is 0.273 e. The topological polar surface area (TPSA) is 88.5 Å². The van der Waals surface area contributed by atoms with Gasteiger partial charge >= 0.3 is 0 Å². The highest BCUT2D eigenvalue weighted by atomic mass is 16.1. The second-order valence-electron chi connectivity index (χ2n) is 7.84. The number of nitrogens with zero attached hydrogens (tertiary/aromatic N) is 4. The van der Waals surface area contributed by atoms with Crippen LogP contribution in [0.4, 0.5) is 5.82 Å². The highest BCUT2D eigenvalue weighted by Gasteiger charge is 2.15. The van der Waals surface area contributed by atoms with Gasteiger partial charge < -0.3 is 14.9 Å². The number of nitrogens with one attached hydrogen (secondary N) is 2. The Morgan fingerprint density at radius 3 is 2.62 bits per heavy atom. The van der Waals surface area contributed by atoms with E-state index >= 15 is 0 Å². The van der Waals surface area contributed by atoms with Gasteiger partial charge in [-0.1, -0.05) is 54.6 Å². The Labute approximate surface area is 185 Å². The summed E-state index contributed by atoms with van der Waals surface area (Å²) in [5.74, 6) is 0.858. The molecule has 5 aromatic rings. The normalized spacial score (nSPS) is 11.2. The van der Waals surface area contributed by atoms with Gasteiger partial charge in [0.2, 0.25) is 0 Å². The van der Waals surface area contributed by atoms with E-state index in [4.69, 9.17) is 0 Å². The maximum Gasteiger partial charge on any atom is 0.273 e. The van der Waals surface area contributed by atoms with E-state index in [1.807, 2.05) is 59.2 Å². The minimum absolute atomic E-state index is 0.199. The third-order valence-corrected chi connectivity index (χ3v) is 5.33. The van der Waals surface area contributed by atoms with E-state index in [-0.39, 0.29) is 11.9 Å². The Bertz CT molecular complexity index is 1400. The molecule has 158 valence electrons. The summed E-state index contributed by atoms with van der Waals surface area (Å²) >= 11 is 0. The van der Waals surface area contributed by atoms with Crippen molar-refractivity contribution in [1.29, 1.82) is 0 Å². The summed E-state index contributed by atoms with van der Waals surface area (Å²) < 4.78 is 1.94. The van der Waals surface area contributed by atoms with Crippen molar-refractivity contribution in [2.45, 2.75) is 19.9 Å². The van der Waals surface area contributed by atoms with E-state index in [2.05, 4.69) is 51.5 Å². The van der Waals surface area contributed by atoms with Crippen LogP contribution < -0.4 is 5.32 Å². The lowest BCUT2D eigenvalue weighted by Crippen LogP contribution is -2.13. The number of carbonyl (C=O) groups is 1. The van der Waals surface area contributed by atoms with Crippen LogP contribution in [-0.4, -0.2) is 30.6 Å². The summed E-state index contributed by atoms with van der Waals surface area (Å²) in [4.78, 5) is 20.8. The number of rotatable bonds is 5. The largest absolute Gasteiger partial charge is 0.350 e. The second-order valence-corrected chi connectivity index (χ2v) is 7.84. The molecule has 0 fully saturated rings. The van der Waals surface area contributed by atoms with Crippen LogP contribution in [0.5, 0.6) is 0 Å². The van der Waals surface area contributed by atoms with Gasteiger partial charge in [-0.05, 0) is 37.6 Å². The van der Waals surface area contributed by atoms with E-state index in [1.54, 1.807) is 12.4 Å². The van der Waals surface area contributed by atoms with Crippen LogP contribution in [0.15, 0.2) is 79.1 Å². The molecule has 0 unspecified atom stereocenters. The number of pyridine rings is 1.